The molecule has 2 fully saturated rings. The number of nitrogens with zero attached hydrogens (tertiary/aromatic N) is 3. The van der Waals surface area contributed by atoms with Crippen LogP contribution >= 0.6 is 0 Å². The van der Waals surface area contributed by atoms with Gasteiger partial charge in [-0.15, -0.1) is 0 Å². The lowest BCUT2D eigenvalue weighted by atomic mass is 9.69. The zero-order chi connectivity index (χ0) is 26.2. The first-order valence-electron chi connectivity index (χ1n) is 13.6. The van der Waals surface area contributed by atoms with Crippen molar-refractivity contribution >= 4 is 23.2 Å². The fraction of sp³-hybridized carbons (Fsp3) is 0.552. The van der Waals surface area contributed by atoms with Crippen molar-refractivity contribution in [1.29, 1.82) is 0 Å². The molecule has 3 atom stereocenters. The van der Waals surface area contributed by atoms with E-state index in [4.69, 9.17) is 5.73 Å². The van der Waals surface area contributed by atoms with Crippen LogP contribution in [-0.4, -0.2) is 47.4 Å². The number of fused-ring (bicyclic) bond motifs is 1. The van der Waals surface area contributed by atoms with Gasteiger partial charge in [-0.25, -0.2) is 4.39 Å². The molecular weight excluding hydrogens is 469 g/mol. The molecule has 2 amide bonds. The first kappa shape index (κ1) is 25.6. The normalized spacial score (nSPS) is 22.5. The van der Waals surface area contributed by atoms with Crippen molar-refractivity contribution in [1.82, 2.24) is 15.2 Å². The third-order valence-electron chi connectivity index (χ3n) is 8.94. The van der Waals surface area contributed by atoms with E-state index >= 15 is 0 Å². The van der Waals surface area contributed by atoms with E-state index in [2.05, 4.69) is 15.2 Å². The molecule has 1 saturated heterocycles. The molecule has 2 aliphatic heterocycles. The number of carbonyl (C=O) groups excluding carboxylic acids is 2. The highest BCUT2D eigenvalue weighted by Gasteiger charge is 2.50. The number of amides is 2. The summed E-state index contributed by atoms with van der Waals surface area (Å²) in [4.78, 5) is 35.7. The Morgan fingerprint density at radius 1 is 1.11 bits per heavy atom. The van der Waals surface area contributed by atoms with Gasteiger partial charge in [0.2, 0.25) is 11.8 Å². The number of hydrogen-bond donors (Lipinski definition) is 2. The molecule has 2 aromatic rings. The maximum Gasteiger partial charge on any atom is 0.238 e. The van der Waals surface area contributed by atoms with Crippen LogP contribution in [0.25, 0.3) is 0 Å². The molecule has 1 aliphatic carbocycles. The number of hydrogen-bond acceptors (Lipinski definition) is 5. The lowest BCUT2D eigenvalue weighted by Gasteiger charge is -2.42. The van der Waals surface area contributed by atoms with Gasteiger partial charge in [0.25, 0.3) is 0 Å². The molecule has 0 radical (unpaired) electrons. The highest BCUT2D eigenvalue weighted by atomic mass is 19.1. The molecular formula is C29H38FN5O2. The number of rotatable bonds is 7. The van der Waals surface area contributed by atoms with Crippen molar-refractivity contribution in [2.75, 3.05) is 25.0 Å². The van der Waals surface area contributed by atoms with Gasteiger partial charge in [-0.1, -0.05) is 25.3 Å². The van der Waals surface area contributed by atoms with Gasteiger partial charge in [-0.2, -0.15) is 0 Å². The molecule has 37 heavy (non-hydrogen) atoms. The Labute approximate surface area is 218 Å². The summed E-state index contributed by atoms with van der Waals surface area (Å²) in [6.07, 6.45) is 9.49. The Balaban J connectivity index is 1.45. The predicted molar refractivity (Wildman–Crippen MR) is 142 cm³/mol. The third-order valence-corrected chi connectivity index (χ3v) is 8.94. The lowest BCUT2D eigenvalue weighted by molar-refractivity contribution is -0.147. The number of anilines is 2. The average Bonchev–Trinajstić information content (AvgIpc) is 3.56. The molecule has 1 saturated carbocycles. The maximum absolute atomic E-state index is 14.3. The van der Waals surface area contributed by atoms with Gasteiger partial charge in [0.05, 0.1) is 17.7 Å². The second-order valence-corrected chi connectivity index (χ2v) is 11.0. The summed E-state index contributed by atoms with van der Waals surface area (Å²) in [7, 11) is 1.72. The number of likely N-dealkylation sites (N-methyl/N-ethyl adjacent to an activating group) is 1. The van der Waals surface area contributed by atoms with E-state index in [1.54, 1.807) is 26.2 Å². The molecule has 7 nitrogen and oxygen atoms in total. The number of pyridine rings is 1. The fourth-order valence-electron chi connectivity index (χ4n) is 6.74. The Hall–Kier alpha value is -3.00. The van der Waals surface area contributed by atoms with Crippen LogP contribution in [0.1, 0.15) is 69.2 Å². The Morgan fingerprint density at radius 2 is 1.89 bits per heavy atom. The van der Waals surface area contributed by atoms with Gasteiger partial charge in [-0.05, 0) is 81.8 Å². The number of halogens is 1. The third kappa shape index (κ3) is 4.72. The number of benzene rings is 1. The summed E-state index contributed by atoms with van der Waals surface area (Å²) in [5, 5.41) is 3.12. The smallest absolute Gasteiger partial charge is 0.238 e. The van der Waals surface area contributed by atoms with Gasteiger partial charge < -0.3 is 20.9 Å². The van der Waals surface area contributed by atoms with Crippen LogP contribution in [-0.2, 0) is 16.0 Å². The molecule has 3 N–H and O–H groups in total. The quantitative estimate of drug-likeness (QED) is 0.585. The van der Waals surface area contributed by atoms with Crippen molar-refractivity contribution in [2.45, 2.75) is 69.9 Å². The number of nitrogens with one attached hydrogen (secondary N) is 1. The van der Waals surface area contributed by atoms with Gasteiger partial charge in [-0.3, -0.25) is 14.6 Å². The van der Waals surface area contributed by atoms with E-state index in [1.165, 1.54) is 6.07 Å². The highest BCUT2D eigenvalue weighted by molar-refractivity contribution is 5.93. The molecule has 5 rings (SSSR count). The predicted octanol–water partition coefficient (Wildman–Crippen LogP) is 4.24. The second-order valence-electron chi connectivity index (χ2n) is 11.0. The Morgan fingerprint density at radius 3 is 2.62 bits per heavy atom. The van der Waals surface area contributed by atoms with E-state index in [-0.39, 0.29) is 23.7 Å². The summed E-state index contributed by atoms with van der Waals surface area (Å²) < 4.78 is 14.0. The summed E-state index contributed by atoms with van der Waals surface area (Å²) in [5.41, 5.74) is 8.58. The molecule has 1 aromatic heterocycles. The van der Waals surface area contributed by atoms with Crippen molar-refractivity contribution in [3.8, 4) is 0 Å². The minimum absolute atomic E-state index is 0.00848. The van der Waals surface area contributed by atoms with Crippen LogP contribution in [0.5, 0.6) is 0 Å². The standard InChI is InChI=1S/C29H38FN5O2/c1-29(32-2,28(31)37)26(20-7-4-3-5-8-20)27(36)35-15-6-9-24(35)23-18-22(12-14-33-23)34-16-13-19-10-11-21(30)17-25(19)34/h10-12,14,17-18,20,24,26,32H,3-9,13,15-16H2,1-2H3,(H2,31,37)/t24-,26+,29?/m0/s1. The summed E-state index contributed by atoms with van der Waals surface area (Å²) in [5.74, 6) is -1.15. The number of carbonyl (C=O) groups is 2. The van der Waals surface area contributed by atoms with Gasteiger partial charge in [0, 0.05) is 30.7 Å². The lowest BCUT2D eigenvalue weighted by Crippen LogP contribution is -2.63. The van der Waals surface area contributed by atoms with Crippen LogP contribution in [0.3, 0.4) is 0 Å². The van der Waals surface area contributed by atoms with Gasteiger partial charge in [0.1, 0.15) is 11.4 Å². The molecule has 1 aromatic carbocycles. The number of aromatic nitrogens is 1. The topological polar surface area (TPSA) is 91.6 Å². The largest absolute Gasteiger partial charge is 0.368 e. The molecule has 8 heteroatoms. The monoisotopic (exact) mass is 507 g/mol. The second kappa shape index (κ2) is 10.4. The Kier molecular flexibility index (Phi) is 7.21. The Bertz CT molecular complexity index is 1170. The van der Waals surface area contributed by atoms with E-state index in [0.717, 1.165) is 80.5 Å². The fourth-order valence-corrected chi connectivity index (χ4v) is 6.74. The molecule has 0 bridgehead atoms. The van der Waals surface area contributed by atoms with E-state index in [0.29, 0.717) is 6.54 Å². The van der Waals surface area contributed by atoms with Crippen LogP contribution in [0.15, 0.2) is 36.5 Å². The molecule has 3 heterocycles. The van der Waals surface area contributed by atoms with Crippen LogP contribution in [0.2, 0.25) is 0 Å². The SMILES string of the molecule is CNC(C)(C(N)=O)[C@@H](C(=O)N1CCC[C@H]1c1cc(N2CCc3ccc(F)cc32)ccn1)C1CCCCC1. The first-order chi connectivity index (χ1) is 17.8. The molecule has 198 valence electrons. The van der Waals surface area contributed by atoms with Crippen LogP contribution < -0.4 is 16.0 Å². The molecule has 1 unspecified atom stereocenters. The first-order valence-corrected chi connectivity index (χ1v) is 13.6. The van der Waals surface area contributed by atoms with Gasteiger partial charge in [0.15, 0.2) is 0 Å². The van der Waals surface area contributed by atoms with Crippen LogP contribution in [0.4, 0.5) is 15.8 Å². The van der Waals surface area contributed by atoms with E-state index in [1.807, 2.05) is 23.1 Å². The summed E-state index contributed by atoms with van der Waals surface area (Å²) >= 11 is 0. The highest BCUT2D eigenvalue weighted by Crippen LogP contribution is 2.42. The number of nitrogens with two attached hydrogens (primary N) is 1. The van der Waals surface area contributed by atoms with Crippen LogP contribution in [0, 0.1) is 17.7 Å². The number of primary amides is 1. The average molecular weight is 508 g/mol. The van der Waals surface area contributed by atoms with E-state index in [9.17, 15) is 14.0 Å². The van der Waals surface area contributed by atoms with Crippen molar-refractivity contribution in [2.24, 2.45) is 17.6 Å². The van der Waals surface area contributed by atoms with Crippen molar-refractivity contribution in [3.63, 3.8) is 0 Å². The molecule has 0 spiro atoms. The van der Waals surface area contributed by atoms with Gasteiger partial charge >= 0.3 is 0 Å². The zero-order valence-corrected chi connectivity index (χ0v) is 21.9. The molecule has 3 aliphatic rings. The minimum Gasteiger partial charge on any atom is -0.368 e. The summed E-state index contributed by atoms with van der Waals surface area (Å²) in [6, 6.07) is 8.77. The zero-order valence-electron chi connectivity index (χ0n) is 21.9. The summed E-state index contributed by atoms with van der Waals surface area (Å²) in [6.45, 7) is 3.19. The van der Waals surface area contributed by atoms with E-state index < -0.39 is 17.4 Å². The minimum atomic E-state index is -1.12. The maximum atomic E-state index is 14.3. The number of likely N-dealkylation sites (tertiary alicyclic amines) is 1. The van der Waals surface area contributed by atoms with Crippen molar-refractivity contribution in [3.05, 3.63) is 53.6 Å². The van der Waals surface area contributed by atoms with Crippen molar-refractivity contribution < 1.29 is 14.0 Å².